The van der Waals surface area contributed by atoms with Crippen molar-refractivity contribution in [2.75, 3.05) is 6.54 Å². The number of benzene rings is 2. The predicted molar refractivity (Wildman–Crippen MR) is 122 cm³/mol. The highest BCUT2D eigenvalue weighted by molar-refractivity contribution is 6.04. The summed E-state index contributed by atoms with van der Waals surface area (Å²) >= 11 is 0. The number of likely N-dealkylation sites (tertiary alicyclic amines) is 1. The van der Waals surface area contributed by atoms with Gasteiger partial charge in [-0.1, -0.05) is 42.5 Å². The third kappa shape index (κ3) is 3.44. The second kappa shape index (κ2) is 8.06. The summed E-state index contributed by atoms with van der Waals surface area (Å²) in [6.07, 6.45) is 8.08. The average molecular weight is 415 g/mol. The number of nitrogens with zero attached hydrogens (tertiary/aromatic N) is 2. The van der Waals surface area contributed by atoms with Crippen LogP contribution in [0.3, 0.4) is 0 Å². The molecule has 0 radical (unpaired) electrons. The lowest BCUT2D eigenvalue weighted by Crippen LogP contribution is -2.37. The molecule has 1 atom stereocenters. The summed E-state index contributed by atoms with van der Waals surface area (Å²) < 4.78 is 1.61. The first kappa shape index (κ1) is 19.6. The summed E-state index contributed by atoms with van der Waals surface area (Å²) in [5.41, 5.74) is 2.62. The molecule has 1 saturated heterocycles. The number of carboxylic acids is 1. The first-order valence-electron chi connectivity index (χ1n) is 11.1. The number of rotatable bonds is 4. The molecule has 158 valence electrons. The molecule has 2 aliphatic rings. The minimum absolute atomic E-state index is 0.173. The zero-order valence-electron chi connectivity index (χ0n) is 17.5. The number of aromatic carboxylic acids is 1. The highest BCUT2D eigenvalue weighted by Crippen LogP contribution is 2.36. The molecule has 5 heteroatoms. The molecule has 0 spiro atoms. The summed E-state index contributed by atoms with van der Waals surface area (Å²) in [4.78, 5) is 28.4. The van der Waals surface area contributed by atoms with Gasteiger partial charge in [0.15, 0.2) is 0 Å². The molecular formula is C26H26N2O3. The molecule has 1 aliphatic heterocycles. The number of piperidine rings is 1. The normalized spacial score (nSPS) is 18.5. The minimum Gasteiger partial charge on any atom is -0.478 e. The van der Waals surface area contributed by atoms with E-state index >= 15 is 0 Å². The van der Waals surface area contributed by atoms with Crippen LogP contribution in [0.4, 0.5) is 0 Å². The first-order valence-corrected chi connectivity index (χ1v) is 11.1. The monoisotopic (exact) mass is 414 g/mol. The molecular weight excluding hydrogens is 388 g/mol. The molecule has 1 aliphatic carbocycles. The van der Waals surface area contributed by atoms with Gasteiger partial charge in [0.1, 0.15) is 0 Å². The maximum absolute atomic E-state index is 13.6. The van der Waals surface area contributed by atoms with Crippen LogP contribution >= 0.6 is 0 Å². The lowest BCUT2D eigenvalue weighted by molar-refractivity contribution is 0.0695. The molecule has 0 bridgehead atoms. The number of hydrogen-bond donors (Lipinski definition) is 1. The van der Waals surface area contributed by atoms with Gasteiger partial charge in [-0.15, -0.1) is 0 Å². The predicted octanol–water partition coefficient (Wildman–Crippen LogP) is 4.97. The Kier molecular flexibility index (Phi) is 5.10. The van der Waals surface area contributed by atoms with E-state index in [9.17, 15) is 14.7 Å². The number of aromatic nitrogens is 1. The van der Waals surface area contributed by atoms with Gasteiger partial charge in [0.25, 0.3) is 5.56 Å². The molecule has 0 amide bonds. The molecule has 1 fully saturated rings. The lowest BCUT2D eigenvalue weighted by Gasteiger charge is -2.40. The highest BCUT2D eigenvalue weighted by Gasteiger charge is 2.30. The smallest absolute Gasteiger partial charge is 0.338 e. The second-order valence-electron chi connectivity index (χ2n) is 8.47. The van der Waals surface area contributed by atoms with Crippen LogP contribution in [0.15, 0.2) is 71.2 Å². The summed E-state index contributed by atoms with van der Waals surface area (Å²) in [5, 5.41) is 11.2. The fraction of sp³-hybridized carbons (Fsp3) is 0.308. The summed E-state index contributed by atoms with van der Waals surface area (Å²) in [6, 6.07) is 16.4. The fourth-order valence-electron chi connectivity index (χ4n) is 5.25. The number of allylic oxidation sites excluding steroid dienone is 2. The molecule has 1 aromatic heterocycles. The molecule has 3 aromatic rings. The van der Waals surface area contributed by atoms with E-state index in [0.29, 0.717) is 34.6 Å². The number of carboxylic acid groups (broad SMARTS) is 1. The first-order chi connectivity index (χ1) is 15.1. The van der Waals surface area contributed by atoms with Crippen molar-refractivity contribution in [1.82, 2.24) is 9.47 Å². The SMILES string of the molecule is O=C(O)c1c(CN2CCCC3CCCC=C32)n(-c2ccccc2)c(=O)c2ccccc12. The Labute approximate surface area is 181 Å². The van der Waals surface area contributed by atoms with Crippen LogP contribution in [-0.4, -0.2) is 27.1 Å². The molecule has 2 heterocycles. The van der Waals surface area contributed by atoms with Crippen molar-refractivity contribution in [3.63, 3.8) is 0 Å². The Balaban J connectivity index is 1.76. The van der Waals surface area contributed by atoms with Crippen molar-refractivity contribution < 1.29 is 9.90 Å². The van der Waals surface area contributed by atoms with Crippen molar-refractivity contribution in [3.05, 3.63) is 88.0 Å². The molecule has 31 heavy (non-hydrogen) atoms. The Morgan fingerprint density at radius 3 is 2.45 bits per heavy atom. The van der Waals surface area contributed by atoms with Crippen molar-refractivity contribution in [3.8, 4) is 5.69 Å². The minimum atomic E-state index is -0.998. The van der Waals surface area contributed by atoms with E-state index in [-0.39, 0.29) is 11.1 Å². The number of para-hydroxylation sites is 1. The number of carbonyl (C=O) groups is 1. The van der Waals surface area contributed by atoms with Crippen LogP contribution in [0.25, 0.3) is 16.5 Å². The van der Waals surface area contributed by atoms with Gasteiger partial charge in [0.05, 0.1) is 17.8 Å². The molecule has 2 aromatic carbocycles. The quantitative estimate of drug-likeness (QED) is 0.655. The van der Waals surface area contributed by atoms with Gasteiger partial charge in [0, 0.05) is 28.7 Å². The van der Waals surface area contributed by atoms with Crippen LogP contribution in [0, 0.1) is 5.92 Å². The van der Waals surface area contributed by atoms with Crippen molar-refractivity contribution >= 4 is 16.7 Å². The van der Waals surface area contributed by atoms with Crippen LogP contribution in [0.1, 0.15) is 48.2 Å². The van der Waals surface area contributed by atoms with Gasteiger partial charge in [-0.25, -0.2) is 4.79 Å². The van der Waals surface area contributed by atoms with E-state index in [1.165, 1.54) is 25.0 Å². The molecule has 5 nitrogen and oxygen atoms in total. The van der Waals surface area contributed by atoms with E-state index in [2.05, 4.69) is 11.0 Å². The summed E-state index contributed by atoms with van der Waals surface area (Å²) in [6.45, 7) is 1.30. The fourth-order valence-corrected chi connectivity index (χ4v) is 5.25. The highest BCUT2D eigenvalue weighted by atomic mass is 16.4. The third-order valence-electron chi connectivity index (χ3n) is 6.63. The van der Waals surface area contributed by atoms with Crippen LogP contribution in [0.5, 0.6) is 0 Å². The average Bonchev–Trinajstić information content (AvgIpc) is 2.80. The second-order valence-corrected chi connectivity index (χ2v) is 8.47. The standard InChI is InChI=1S/C26H26N2O3/c29-25-21-14-6-5-13-20(21)24(26(30)31)23(28(25)19-11-2-1-3-12-19)17-27-16-8-10-18-9-4-7-15-22(18)27/h1-3,5-6,11-15,18H,4,7-10,16-17H2,(H,30,31). The van der Waals surface area contributed by atoms with Gasteiger partial charge in [-0.3, -0.25) is 9.36 Å². The van der Waals surface area contributed by atoms with Gasteiger partial charge in [0.2, 0.25) is 0 Å². The van der Waals surface area contributed by atoms with E-state index in [0.717, 1.165) is 19.4 Å². The van der Waals surface area contributed by atoms with E-state index < -0.39 is 5.97 Å². The summed E-state index contributed by atoms with van der Waals surface area (Å²) in [7, 11) is 0. The van der Waals surface area contributed by atoms with E-state index in [4.69, 9.17) is 0 Å². The maximum Gasteiger partial charge on any atom is 0.338 e. The molecule has 5 rings (SSSR count). The Morgan fingerprint density at radius 1 is 0.968 bits per heavy atom. The zero-order chi connectivity index (χ0) is 21.4. The topological polar surface area (TPSA) is 62.5 Å². The Hall–Kier alpha value is -3.34. The van der Waals surface area contributed by atoms with Crippen molar-refractivity contribution in [1.29, 1.82) is 0 Å². The lowest BCUT2D eigenvalue weighted by atomic mass is 9.84. The molecule has 1 N–H and O–H groups in total. The number of hydrogen-bond acceptors (Lipinski definition) is 3. The zero-order valence-corrected chi connectivity index (χ0v) is 17.5. The van der Waals surface area contributed by atoms with Crippen molar-refractivity contribution in [2.24, 2.45) is 5.92 Å². The van der Waals surface area contributed by atoms with E-state index in [1.54, 1.807) is 28.8 Å². The third-order valence-corrected chi connectivity index (χ3v) is 6.63. The van der Waals surface area contributed by atoms with Gasteiger partial charge in [-0.05, 0) is 56.2 Å². The van der Waals surface area contributed by atoms with Gasteiger partial charge in [-0.2, -0.15) is 0 Å². The summed E-state index contributed by atoms with van der Waals surface area (Å²) in [5.74, 6) is -0.449. The van der Waals surface area contributed by atoms with E-state index in [1.807, 2.05) is 30.3 Å². The number of fused-ring (bicyclic) bond motifs is 2. The van der Waals surface area contributed by atoms with Gasteiger partial charge >= 0.3 is 5.97 Å². The number of pyridine rings is 1. The van der Waals surface area contributed by atoms with Gasteiger partial charge < -0.3 is 10.0 Å². The van der Waals surface area contributed by atoms with Crippen LogP contribution in [0.2, 0.25) is 0 Å². The van der Waals surface area contributed by atoms with Crippen LogP contribution in [-0.2, 0) is 6.54 Å². The Morgan fingerprint density at radius 2 is 1.68 bits per heavy atom. The van der Waals surface area contributed by atoms with Crippen molar-refractivity contribution in [2.45, 2.75) is 38.6 Å². The largest absolute Gasteiger partial charge is 0.478 e. The molecule has 1 unspecified atom stereocenters. The van der Waals surface area contributed by atoms with Crippen LogP contribution < -0.4 is 5.56 Å². The Bertz CT molecular complexity index is 1230. The maximum atomic E-state index is 13.6. The molecule has 0 saturated carbocycles.